The quantitative estimate of drug-likeness (QED) is 0.917. The van der Waals surface area contributed by atoms with E-state index in [1.807, 2.05) is 43.1 Å². The van der Waals surface area contributed by atoms with E-state index in [1.165, 1.54) is 0 Å². The summed E-state index contributed by atoms with van der Waals surface area (Å²) in [5.41, 5.74) is 0.900. The highest BCUT2D eigenvalue weighted by atomic mass is 16.5. The van der Waals surface area contributed by atoms with Crippen LogP contribution in [0.2, 0.25) is 0 Å². The van der Waals surface area contributed by atoms with Crippen LogP contribution in [0.5, 0.6) is 5.75 Å². The van der Waals surface area contributed by atoms with Crippen LogP contribution in [0.15, 0.2) is 24.3 Å². The van der Waals surface area contributed by atoms with Crippen LogP contribution in [0.3, 0.4) is 0 Å². The zero-order valence-electron chi connectivity index (χ0n) is 12.6. The van der Waals surface area contributed by atoms with Crippen LogP contribution in [-0.2, 0) is 0 Å². The van der Waals surface area contributed by atoms with Crippen LogP contribution in [0.4, 0.5) is 0 Å². The van der Waals surface area contributed by atoms with Crippen LogP contribution >= 0.6 is 0 Å². The van der Waals surface area contributed by atoms with Crippen molar-refractivity contribution in [1.82, 2.24) is 10.2 Å². The van der Waals surface area contributed by atoms with Crippen LogP contribution in [0.1, 0.15) is 37.0 Å². The molecule has 20 heavy (non-hydrogen) atoms. The number of benzene rings is 1. The zero-order chi connectivity index (χ0) is 14.6. The van der Waals surface area contributed by atoms with Crippen molar-refractivity contribution < 1.29 is 9.53 Å². The van der Waals surface area contributed by atoms with Crippen LogP contribution in [0.25, 0.3) is 0 Å². The van der Waals surface area contributed by atoms with Crippen LogP contribution < -0.4 is 10.1 Å². The zero-order valence-corrected chi connectivity index (χ0v) is 12.6. The third-order valence-corrected chi connectivity index (χ3v) is 4.17. The van der Waals surface area contributed by atoms with Gasteiger partial charge in [0.05, 0.1) is 6.61 Å². The molecule has 0 spiro atoms. The lowest BCUT2D eigenvalue weighted by Crippen LogP contribution is -2.51. The molecule has 1 saturated heterocycles. The van der Waals surface area contributed by atoms with Gasteiger partial charge in [-0.05, 0) is 58.0 Å². The van der Waals surface area contributed by atoms with Gasteiger partial charge in [-0.25, -0.2) is 0 Å². The van der Waals surface area contributed by atoms with Crippen molar-refractivity contribution in [3.63, 3.8) is 0 Å². The Balaban J connectivity index is 1.98. The molecule has 110 valence electrons. The van der Waals surface area contributed by atoms with Crippen molar-refractivity contribution in [2.75, 3.05) is 26.7 Å². The van der Waals surface area contributed by atoms with Gasteiger partial charge in [-0.15, -0.1) is 0 Å². The number of rotatable bonds is 4. The smallest absolute Gasteiger partial charge is 0.253 e. The first-order valence-corrected chi connectivity index (χ1v) is 7.29. The Kier molecular flexibility index (Phi) is 4.65. The fourth-order valence-corrected chi connectivity index (χ4v) is 2.50. The van der Waals surface area contributed by atoms with Crippen LogP contribution in [-0.4, -0.2) is 43.1 Å². The predicted octanol–water partition coefficient (Wildman–Crippen LogP) is 2.30. The Bertz CT molecular complexity index is 448. The number of carbonyl (C=O) groups excluding carboxylic acids is 1. The third kappa shape index (κ3) is 3.31. The summed E-state index contributed by atoms with van der Waals surface area (Å²) >= 11 is 0. The molecule has 4 heteroatoms. The standard InChI is InChI=1S/C16H24N2O2/c1-4-20-14-7-5-13(6-8-14)15(19)18-11-9-16(2,17-3)10-12-18/h5-8,17H,4,9-12H2,1-3H3. The number of piperidine rings is 1. The maximum Gasteiger partial charge on any atom is 0.253 e. The van der Waals surface area contributed by atoms with Crippen molar-refractivity contribution >= 4 is 5.91 Å². The van der Waals surface area contributed by atoms with Gasteiger partial charge in [0.1, 0.15) is 5.75 Å². The van der Waals surface area contributed by atoms with Gasteiger partial charge in [0, 0.05) is 24.2 Å². The molecule has 0 bridgehead atoms. The van der Waals surface area contributed by atoms with Gasteiger partial charge in [0.25, 0.3) is 5.91 Å². The van der Waals surface area contributed by atoms with Crippen molar-refractivity contribution in [2.45, 2.75) is 32.2 Å². The van der Waals surface area contributed by atoms with Crippen molar-refractivity contribution in [1.29, 1.82) is 0 Å². The number of nitrogens with zero attached hydrogens (tertiary/aromatic N) is 1. The largest absolute Gasteiger partial charge is 0.494 e. The summed E-state index contributed by atoms with van der Waals surface area (Å²) in [7, 11) is 1.99. The highest BCUT2D eigenvalue weighted by Gasteiger charge is 2.30. The average Bonchev–Trinajstić information content (AvgIpc) is 2.48. The topological polar surface area (TPSA) is 41.6 Å². The first-order chi connectivity index (χ1) is 9.58. The van der Waals surface area contributed by atoms with Gasteiger partial charge in [0.15, 0.2) is 0 Å². The molecule has 1 aliphatic rings. The van der Waals surface area contributed by atoms with E-state index >= 15 is 0 Å². The summed E-state index contributed by atoms with van der Waals surface area (Å²) in [6, 6.07) is 7.41. The molecular weight excluding hydrogens is 252 g/mol. The van der Waals surface area contributed by atoms with Gasteiger partial charge in [-0.2, -0.15) is 0 Å². The minimum absolute atomic E-state index is 0.117. The van der Waals surface area contributed by atoms with E-state index < -0.39 is 0 Å². The van der Waals surface area contributed by atoms with E-state index in [2.05, 4.69) is 12.2 Å². The SMILES string of the molecule is CCOc1ccc(C(=O)N2CCC(C)(NC)CC2)cc1. The molecule has 1 aromatic carbocycles. The maximum absolute atomic E-state index is 12.4. The Labute approximate surface area is 121 Å². The average molecular weight is 276 g/mol. The number of amides is 1. The highest BCUT2D eigenvalue weighted by Crippen LogP contribution is 2.23. The van der Waals surface area contributed by atoms with Gasteiger partial charge < -0.3 is 15.0 Å². The van der Waals surface area contributed by atoms with E-state index in [9.17, 15) is 4.79 Å². The lowest BCUT2D eigenvalue weighted by molar-refractivity contribution is 0.0662. The Morgan fingerprint density at radius 1 is 1.30 bits per heavy atom. The van der Waals surface area contributed by atoms with E-state index in [0.717, 1.165) is 37.2 Å². The van der Waals surface area contributed by atoms with Gasteiger partial charge in [-0.1, -0.05) is 0 Å². The Morgan fingerprint density at radius 3 is 2.40 bits per heavy atom. The molecule has 0 aromatic heterocycles. The molecular formula is C16H24N2O2. The maximum atomic E-state index is 12.4. The van der Waals surface area contributed by atoms with Crippen molar-refractivity contribution in [3.8, 4) is 5.75 Å². The summed E-state index contributed by atoms with van der Waals surface area (Å²) in [5, 5.41) is 3.35. The van der Waals surface area contributed by atoms with Crippen molar-refractivity contribution in [3.05, 3.63) is 29.8 Å². The van der Waals surface area contributed by atoms with E-state index in [4.69, 9.17) is 4.74 Å². The molecule has 1 heterocycles. The molecule has 1 fully saturated rings. The normalized spacial score (nSPS) is 17.9. The van der Waals surface area contributed by atoms with Crippen LogP contribution in [0, 0.1) is 0 Å². The number of ether oxygens (including phenoxy) is 1. The molecule has 4 nitrogen and oxygen atoms in total. The molecule has 1 amide bonds. The number of hydrogen-bond donors (Lipinski definition) is 1. The second-order valence-electron chi connectivity index (χ2n) is 5.56. The van der Waals surface area contributed by atoms with Crippen molar-refractivity contribution in [2.24, 2.45) is 0 Å². The lowest BCUT2D eigenvalue weighted by atomic mass is 9.89. The molecule has 1 aromatic rings. The van der Waals surface area contributed by atoms with E-state index in [-0.39, 0.29) is 11.4 Å². The number of carbonyl (C=O) groups is 1. The first kappa shape index (κ1) is 14.9. The predicted molar refractivity (Wildman–Crippen MR) is 80.2 cm³/mol. The minimum atomic E-state index is 0.117. The number of hydrogen-bond acceptors (Lipinski definition) is 3. The highest BCUT2D eigenvalue weighted by molar-refractivity contribution is 5.94. The fraction of sp³-hybridized carbons (Fsp3) is 0.562. The summed E-state index contributed by atoms with van der Waals surface area (Å²) < 4.78 is 5.39. The fourth-order valence-electron chi connectivity index (χ4n) is 2.50. The van der Waals surface area contributed by atoms with Gasteiger partial charge >= 0.3 is 0 Å². The van der Waals surface area contributed by atoms with Gasteiger partial charge in [0.2, 0.25) is 0 Å². The van der Waals surface area contributed by atoms with Gasteiger partial charge in [-0.3, -0.25) is 4.79 Å². The first-order valence-electron chi connectivity index (χ1n) is 7.29. The molecule has 1 N–H and O–H groups in total. The summed E-state index contributed by atoms with van der Waals surface area (Å²) in [6.45, 7) is 6.42. The molecule has 0 aliphatic carbocycles. The summed E-state index contributed by atoms with van der Waals surface area (Å²) in [5.74, 6) is 0.927. The monoisotopic (exact) mass is 276 g/mol. The number of likely N-dealkylation sites (tertiary alicyclic amines) is 1. The molecule has 0 radical (unpaired) electrons. The number of nitrogens with one attached hydrogen (secondary N) is 1. The molecule has 2 rings (SSSR count). The third-order valence-electron chi connectivity index (χ3n) is 4.17. The minimum Gasteiger partial charge on any atom is -0.494 e. The molecule has 0 atom stereocenters. The molecule has 0 unspecified atom stereocenters. The Morgan fingerprint density at radius 2 is 1.90 bits per heavy atom. The molecule has 0 saturated carbocycles. The summed E-state index contributed by atoms with van der Waals surface area (Å²) in [4.78, 5) is 14.4. The van der Waals surface area contributed by atoms with E-state index in [0.29, 0.717) is 6.61 Å². The van der Waals surface area contributed by atoms with E-state index in [1.54, 1.807) is 0 Å². The second kappa shape index (κ2) is 6.27. The summed E-state index contributed by atoms with van der Waals surface area (Å²) in [6.07, 6.45) is 1.98. The molecule has 1 aliphatic heterocycles. The lowest BCUT2D eigenvalue weighted by Gasteiger charge is -2.39. The second-order valence-corrected chi connectivity index (χ2v) is 5.56. The Hall–Kier alpha value is -1.55.